The number of rotatable bonds is 2. The molecule has 2 aliphatic heterocycles. The van der Waals surface area contributed by atoms with Crippen molar-refractivity contribution in [3.8, 4) is 5.75 Å². The van der Waals surface area contributed by atoms with Gasteiger partial charge < -0.3 is 10.1 Å². The fraction of sp³-hybridized carbons (Fsp3) is 0.278. The standard InChI is InChI=1S/C18H17N3O3S/c1-11-16-14-10-13(21(22)23)8-9-15(14)24-18(11,2)20(17(25)19-16)12-6-4-3-5-7-12/h3-11,16H,1-2H3,(H,19,25)/t11-,16+,18-/m0/s1. The van der Waals surface area contributed by atoms with Crippen molar-refractivity contribution < 1.29 is 9.66 Å². The van der Waals surface area contributed by atoms with Crippen molar-refractivity contribution in [2.45, 2.75) is 25.6 Å². The lowest BCUT2D eigenvalue weighted by Crippen LogP contribution is -2.69. The van der Waals surface area contributed by atoms with E-state index in [9.17, 15) is 10.1 Å². The highest BCUT2D eigenvalue weighted by Crippen LogP contribution is 2.49. The Hall–Kier alpha value is -2.67. The van der Waals surface area contributed by atoms with Crippen LogP contribution in [0, 0.1) is 16.0 Å². The molecule has 6 nitrogen and oxygen atoms in total. The fourth-order valence-corrected chi connectivity index (χ4v) is 4.10. The van der Waals surface area contributed by atoms with Crippen LogP contribution in [0.4, 0.5) is 11.4 Å². The first-order chi connectivity index (χ1) is 11.9. The van der Waals surface area contributed by atoms with Crippen molar-refractivity contribution in [3.05, 3.63) is 64.2 Å². The van der Waals surface area contributed by atoms with Crippen LogP contribution in [-0.4, -0.2) is 15.8 Å². The summed E-state index contributed by atoms with van der Waals surface area (Å²) in [4.78, 5) is 12.7. The van der Waals surface area contributed by atoms with E-state index in [-0.39, 0.29) is 17.6 Å². The summed E-state index contributed by atoms with van der Waals surface area (Å²) in [7, 11) is 0. The van der Waals surface area contributed by atoms with E-state index in [2.05, 4.69) is 12.2 Å². The van der Waals surface area contributed by atoms with Gasteiger partial charge in [0.15, 0.2) is 10.8 Å². The quantitative estimate of drug-likeness (QED) is 0.502. The number of hydrogen-bond acceptors (Lipinski definition) is 4. The molecule has 2 aromatic rings. The summed E-state index contributed by atoms with van der Waals surface area (Å²) in [6, 6.07) is 14.4. The number of nitro benzene ring substituents is 1. The minimum absolute atomic E-state index is 0.0221. The minimum Gasteiger partial charge on any atom is -0.467 e. The van der Waals surface area contributed by atoms with Gasteiger partial charge in [-0.15, -0.1) is 0 Å². The third kappa shape index (κ3) is 2.26. The van der Waals surface area contributed by atoms with Crippen LogP contribution in [0.15, 0.2) is 48.5 Å². The van der Waals surface area contributed by atoms with Crippen LogP contribution in [0.3, 0.4) is 0 Å². The van der Waals surface area contributed by atoms with Gasteiger partial charge in [0.25, 0.3) is 5.69 Å². The molecular weight excluding hydrogens is 338 g/mol. The van der Waals surface area contributed by atoms with E-state index in [0.29, 0.717) is 10.9 Å². The highest BCUT2D eigenvalue weighted by Gasteiger charge is 2.54. The zero-order valence-electron chi connectivity index (χ0n) is 13.8. The molecule has 2 bridgehead atoms. The number of fused-ring (bicyclic) bond motifs is 4. The van der Waals surface area contributed by atoms with Gasteiger partial charge in [0.05, 0.1) is 11.0 Å². The second kappa shape index (κ2) is 5.42. The molecule has 4 rings (SSSR count). The second-order valence-electron chi connectivity index (χ2n) is 6.52. The zero-order chi connectivity index (χ0) is 17.8. The van der Waals surface area contributed by atoms with Gasteiger partial charge in [-0.05, 0) is 37.3 Å². The van der Waals surface area contributed by atoms with Gasteiger partial charge in [-0.3, -0.25) is 15.0 Å². The predicted octanol–water partition coefficient (Wildman–Crippen LogP) is 3.78. The summed E-state index contributed by atoms with van der Waals surface area (Å²) in [5.74, 6) is 0.668. The first-order valence-electron chi connectivity index (χ1n) is 8.05. The molecular formula is C18H17N3O3S. The number of non-ortho nitro benzene ring substituents is 1. The third-order valence-electron chi connectivity index (χ3n) is 5.14. The molecule has 7 heteroatoms. The number of para-hydroxylation sites is 1. The maximum atomic E-state index is 11.1. The van der Waals surface area contributed by atoms with Crippen LogP contribution in [0.1, 0.15) is 25.5 Å². The van der Waals surface area contributed by atoms with E-state index in [1.54, 1.807) is 12.1 Å². The molecule has 0 amide bonds. The highest BCUT2D eigenvalue weighted by atomic mass is 32.1. The SMILES string of the molecule is C[C@H]1[C@H]2NC(=S)N(c3ccccc3)[C@@]1(C)Oc1ccc([N+](=O)[O-])cc12. The van der Waals surface area contributed by atoms with Crippen LogP contribution in [-0.2, 0) is 0 Å². The smallest absolute Gasteiger partial charge is 0.270 e. The van der Waals surface area contributed by atoms with Crippen LogP contribution in [0.25, 0.3) is 0 Å². The van der Waals surface area contributed by atoms with Crippen molar-refractivity contribution in [2.24, 2.45) is 5.92 Å². The van der Waals surface area contributed by atoms with Crippen LogP contribution < -0.4 is 15.0 Å². The van der Waals surface area contributed by atoms with E-state index in [0.717, 1.165) is 11.3 Å². The lowest BCUT2D eigenvalue weighted by Gasteiger charge is -2.56. The predicted molar refractivity (Wildman–Crippen MR) is 98.7 cm³/mol. The van der Waals surface area contributed by atoms with Crippen molar-refractivity contribution in [3.63, 3.8) is 0 Å². The molecule has 128 valence electrons. The molecule has 0 unspecified atom stereocenters. The summed E-state index contributed by atoms with van der Waals surface area (Å²) < 4.78 is 6.35. The molecule has 2 aromatic carbocycles. The lowest BCUT2D eigenvalue weighted by atomic mass is 9.80. The van der Waals surface area contributed by atoms with Gasteiger partial charge >= 0.3 is 0 Å². The molecule has 0 spiro atoms. The summed E-state index contributed by atoms with van der Waals surface area (Å²) in [5, 5.41) is 15.0. The molecule has 0 saturated carbocycles. The van der Waals surface area contributed by atoms with Gasteiger partial charge in [0.1, 0.15) is 5.75 Å². The average molecular weight is 355 g/mol. The van der Waals surface area contributed by atoms with Gasteiger partial charge in [-0.2, -0.15) is 0 Å². The Morgan fingerprint density at radius 1 is 1.28 bits per heavy atom. The second-order valence-corrected chi connectivity index (χ2v) is 6.91. The summed E-state index contributed by atoms with van der Waals surface area (Å²) in [5.41, 5.74) is 1.08. The van der Waals surface area contributed by atoms with Crippen LogP contribution >= 0.6 is 12.2 Å². The number of benzene rings is 2. The van der Waals surface area contributed by atoms with Crippen molar-refractivity contribution in [1.29, 1.82) is 0 Å². The average Bonchev–Trinajstić information content (AvgIpc) is 2.58. The maximum Gasteiger partial charge on any atom is 0.270 e. The van der Waals surface area contributed by atoms with Crippen LogP contribution in [0.2, 0.25) is 0 Å². The van der Waals surface area contributed by atoms with E-state index < -0.39 is 10.6 Å². The highest BCUT2D eigenvalue weighted by molar-refractivity contribution is 7.80. The first kappa shape index (κ1) is 15.8. The number of ether oxygens (including phenoxy) is 1. The van der Waals surface area contributed by atoms with Gasteiger partial charge in [0, 0.05) is 29.3 Å². The van der Waals surface area contributed by atoms with E-state index in [4.69, 9.17) is 17.0 Å². The third-order valence-corrected chi connectivity index (χ3v) is 5.44. The molecule has 1 N–H and O–H groups in total. The van der Waals surface area contributed by atoms with Crippen molar-refractivity contribution in [1.82, 2.24) is 5.32 Å². The fourth-order valence-electron chi connectivity index (χ4n) is 3.68. The number of anilines is 1. The Labute approximate surface area is 150 Å². The molecule has 1 fully saturated rings. The maximum absolute atomic E-state index is 11.1. The zero-order valence-corrected chi connectivity index (χ0v) is 14.6. The summed E-state index contributed by atoms with van der Waals surface area (Å²) in [6.07, 6.45) is 0. The number of nitro groups is 1. The Morgan fingerprint density at radius 3 is 2.68 bits per heavy atom. The molecule has 3 atom stereocenters. The molecule has 0 aliphatic carbocycles. The molecule has 25 heavy (non-hydrogen) atoms. The Kier molecular flexibility index (Phi) is 3.43. The van der Waals surface area contributed by atoms with Gasteiger partial charge in [0.2, 0.25) is 0 Å². The molecule has 2 heterocycles. The lowest BCUT2D eigenvalue weighted by molar-refractivity contribution is -0.385. The van der Waals surface area contributed by atoms with Gasteiger partial charge in [-0.1, -0.05) is 25.1 Å². The molecule has 0 aromatic heterocycles. The monoisotopic (exact) mass is 355 g/mol. The largest absolute Gasteiger partial charge is 0.467 e. The van der Waals surface area contributed by atoms with E-state index in [1.807, 2.05) is 42.2 Å². The van der Waals surface area contributed by atoms with Crippen molar-refractivity contribution in [2.75, 3.05) is 4.90 Å². The normalized spacial score (nSPS) is 27.1. The molecule has 2 aliphatic rings. The van der Waals surface area contributed by atoms with E-state index in [1.165, 1.54) is 6.07 Å². The Balaban J connectivity index is 1.84. The van der Waals surface area contributed by atoms with Crippen molar-refractivity contribution >= 4 is 28.7 Å². The molecule has 1 saturated heterocycles. The topological polar surface area (TPSA) is 67.6 Å². The van der Waals surface area contributed by atoms with E-state index >= 15 is 0 Å². The Bertz CT molecular complexity index is 873. The minimum atomic E-state index is -0.683. The summed E-state index contributed by atoms with van der Waals surface area (Å²) >= 11 is 5.60. The van der Waals surface area contributed by atoms with Crippen LogP contribution in [0.5, 0.6) is 5.75 Å². The number of nitrogens with zero attached hydrogens (tertiary/aromatic N) is 2. The summed E-state index contributed by atoms with van der Waals surface area (Å²) in [6.45, 7) is 4.08. The Morgan fingerprint density at radius 2 is 2.00 bits per heavy atom. The number of hydrogen-bond donors (Lipinski definition) is 1. The first-order valence-corrected chi connectivity index (χ1v) is 8.46. The molecule has 0 radical (unpaired) electrons. The number of thiocarbonyl (C=S) groups is 1. The van der Waals surface area contributed by atoms with Gasteiger partial charge in [-0.25, -0.2) is 0 Å². The number of nitrogens with one attached hydrogen (secondary N) is 1.